The molecule has 1 aromatic rings. The molecule has 0 radical (unpaired) electrons. The van der Waals surface area contributed by atoms with Crippen LogP contribution in [0, 0.1) is 5.41 Å². The lowest BCUT2D eigenvalue weighted by molar-refractivity contribution is 0.347. The number of hydrogen-bond donors (Lipinski definition) is 2. The van der Waals surface area contributed by atoms with Crippen molar-refractivity contribution < 1.29 is 10.2 Å². The van der Waals surface area contributed by atoms with Gasteiger partial charge >= 0.3 is 0 Å². The molecule has 1 aromatic carbocycles. The molecule has 0 heterocycles. The van der Waals surface area contributed by atoms with Gasteiger partial charge in [0.25, 0.3) is 0 Å². The van der Waals surface area contributed by atoms with Crippen molar-refractivity contribution in [2.75, 3.05) is 0 Å². The highest BCUT2D eigenvalue weighted by Gasteiger charge is 2.16. The Morgan fingerprint density at radius 2 is 1.79 bits per heavy atom. The molecule has 0 aliphatic rings. The molecule has 0 aliphatic carbocycles. The van der Waals surface area contributed by atoms with E-state index in [1.807, 2.05) is 6.07 Å². The second kappa shape index (κ2) is 3.91. The molecular formula is C12H18O2. The van der Waals surface area contributed by atoms with Crippen LogP contribution in [0.2, 0.25) is 0 Å². The molecule has 14 heavy (non-hydrogen) atoms. The summed E-state index contributed by atoms with van der Waals surface area (Å²) in [6.45, 7) is 6.54. The Balaban J connectivity index is 2.83. The molecule has 0 atom stereocenters. The van der Waals surface area contributed by atoms with Gasteiger partial charge in [0.05, 0.1) is 0 Å². The molecule has 0 spiro atoms. The maximum Gasteiger partial charge on any atom is 0.157 e. The Hall–Kier alpha value is -1.18. The van der Waals surface area contributed by atoms with E-state index in [1.54, 1.807) is 6.07 Å². The van der Waals surface area contributed by atoms with Crippen LogP contribution in [0.15, 0.2) is 18.2 Å². The molecule has 2 N–H and O–H groups in total. The summed E-state index contributed by atoms with van der Waals surface area (Å²) in [5.74, 6) is -0.0857. The molecule has 0 amide bonds. The quantitative estimate of drug-likeness (QED) is 0.726. The lowest BCUT2D eigenvalue weighted by Crippen LogP contribution is -2.13. The molecular weight excluding hydrogens is 176 g/mol. The number of aromatic hydroxyl groups is 2. The van der Waals surface area contributed by atoms with Gasteiger partial charge in [-0.2, -0.15) is 0 Å². The molecule has 0 aliphatic heterocycles. The first kappa shape index (κ1) is 10.9. The zero-order valence-corrected chi connectivity index (χ0v) is 9.04. The second-order valence-corrected chi connectivity index (χ2v) is 4.52. The van der Waals surface area contributed by atoms with E-state index in [-0.39, 0.29) is 16.9 Å². The van der Waals surface area contributed by atoms with Gasteiger partial charge in [0, 0.05) is 0 Å². The monoisotopic (exact) mass is 194 g/mol. The molecule has 78 valence electrons. The van der Waals surface area contributed by atoms with Gasteiger partial charge in [0.15, 0.2) is 11.5 Å². The van der Waals surface area contributed by atoms with Crippen LogP contribution >= 0.6 is 0 Å². The maximum absolute atomic E-state index is 9.32. The zero-order chi connectivity index (χ0) is 10.8. The van der Waals surface area contributed by atoms with Crippen LogP contribution in [-0.2, 0) is 6.42 Å². The summed E-state index contributed by atoms with van der Waals surface area (Å²) < 4.78 is 0. The summed E-state index contributed by atoms with van der Waals surface area (Å²) in [6, 6.07) is 5.02. The third-order valence-corrected chi connectivity index (χ3v) is 2.68. The van der Waals surface area contributed by atoms with Gasteiger partial charge in [-0.1, -0.05) is 33.3 Å². The zero-order valence-electron chi connectivity index (χ0n) is 9.04. The molecule has 0 saturated carbocycles. The molecule has 0 fully saturated rings. The number of rotatable bonds is 3. The van der Waals surface area contributed by atoms with Crippen LogP contribution in [0.4, 0.5) is 0 Å². The van der Waals surface area contributed by atoms with E-state index in [9.17, 15) is 5.11 Å². The highest BCUT2D eigenvalue weighted by molar-refractivity contribution is 5.40. The first-order chi connectivity index (χ1) is 6.44. The van der Waals surface area contributed by atoms with E-state index in [0.29, 0.717) is 0 Å². The minimum absolute atomic E-state index is 0.0330. The Morgan fingerprint density at radius 1 is 1.14 bits per heavy atom. The highest BCUT2D eigenvalue weighted by Crippen LogP contribution is 2.30. The summed E-state index contributed by atoms with van der Waals surface area (Å²) in [4.78, 5) is 0. The first-order valence-electron chi connectivity index (χ1n) is 4.95. The smallest absolute Gasteiger partial charge is 0.157 e. The van der Waals surface area contributed by atoms with Gasteiger partial charge in [0.2, 0.25) is 0 Å². The molecule has 0 unspecified atom stereocenters. The van der Waals surface area contributed by atoms with E-state index in [4.69, 9.17) is 5.11 Å². The predicted octanol–water partition coefficient (Wildman–Crippen LogP) is 3.08. The largest absolute Gasteiger partial charge is 0.504 e. The normalized spacial score (nSPS) is 11.6. The number of benzene rings is 1. The van der Waals surface area contributed by atoms with Crippen molar-refractivity contribution in [2.24, 2.45) is 5.41 Å². The van der Waals surface area contributed by atoms with Gasteiger partial charge in [0.1, 0.15) is 0 Å². The SMILES string of the molecule is CCC(C)(C)Cc1ccc(O)c(O)c1. The van der Waals surface area contributed by atoms with Gasteiger partial charge in [-0.05, 0) is 29.5 Å². The molecule has 0 bridgehead atoms. The van der Waals surface area contributed by atoms with Crippen molar-refractivity contribution in [1.29, 1.82) is 0 Å². The molecule has 2 heteroatoms. The fourth-order valence-corrected chi connectivity index (χ4v) is 1.36. The number of phenols is 2. The van der Waals surface area contributed by atoms with Crippen molar-refractivity contribution in [2.45, 2.75) is 33.6 Å². The highest BCUT2D eigenvalue weighted by atomic mass is 16.3. The Bertz CT molecular complexity index is 316. The first-order valence-corrected chi connectivity index (χ1v) is 4.95. The average Bonchev–Trinajstić information content (AvgIpc) is 2.11. The van der Waals surface area contributed by atoms with Crippen LogP contribution in [-0.4, -0.2) is 10.2 Å². The lowest BCUT2D eigenvalue weighted by Gasteiger charge is -2.22. The van der Waals surface area contributed by atoms with Gasteiger partial charge in [-0.25, -0.2) is 0 Å². The van der Waals surface area contributed by atoms with E-state index in [2.05, 4.69) is 20.8 Å². The minimum atomic E-state index is -0.0527. The number of phenolic OH excluding ortho intramolecular Hbond substituents is 2. The van der Waals surface area contributed by atoms with E-state index in [1.165, 1.54) is 6.07 Å². The molecule has 2 nitrogen and oxygen atoms in total. The summed E-state index contributed by atoms with van der Waals surface area (Å²) in [7, 11) is 0. The summed E-state index contributed by atoms with van der Waals surface area (Å²) in [5.41, 5.74) is 1.30. The van der Waals surface area contributed by atoms with Crippen LogP contribution in [0.25, 0.3) is 0 Å². The minimum Gasteiger partial charge on any atom is -0.504 e. The molecule has 0 aromatic heterocycles. The standard InChI is InChI=1S/C12H18O2/c1-4-12(2,3)8-9-5-6-10(13)11(14)7-9/h5-7,13-14H,4,8H2,1-3H3. The molecule has 0 saturated heterocycles. The molecule has 1 rings (SSSR count). The third kappa shape index (κ3) is 2.66. The van der Waals surface area contributed by atoms with Crippen LogP contribution in [0.1, 0.15) is 32.8 Å². The second-order valence-electron chi connectivity index (χ2n) is 4.52. The fraction of sp³-hybridized carbons (Fsp3) is 0.500. The van der Waals surface area contributed by atoms with Gasteiger partial charge in [-0.3, -0.25) is 0 Å². The van der Waals surface area contributed by atoms with Crippen molar-refractivity contribution in [3.05, 3.63) is 23.8 Å². The van der Waals surface area contributed by atoms with Crippen molar-refractivity contribution in [3.8, 4) is 11.5 Å². The summed E-state index contributed by atoms with van der Waals surface area (Å²) >= 11 is 0. The van der Waals surface area contributed by atoms with Crippen LogP contribution < -0.4 is 0 Å². The van der Waals surface area contributed by atoms with Gasteiger partial charge < -0.3 is 10.2 Å². The predicted molar refractivity (Wildman–Crippen MR) is 57.5 cm³/mol. The third-order valence-electron chi connectivity index (χ3n) is 2.68. The summed E-state index contributed by atoms with van der Waals surface area (Å²) in [6.07, 6.45) is 2.01. The van der Waals surface area contributed by atoms with E-state index >= 15 is 0 Å². The lowest BCUT2D eigenvalue weighted by atomic mass is 9.83. The van der Waals surface area contributed by atoms with E-state index < -0.39 is 0 Å². The Labute approximate surface area is 85.2 Å². The number of hydrogen-bond acceptors (Lipinski definition) is 2. The van der Waals surface area contributed by atoms with Crippen LogP contribution in [0.5, 0.6) is 11.5 Å². The Kier molecular flexibility index (Phi) is 3.04. The fourth-order valence-electron chi connectivity index (χ4n) is 1.36. The van der Waals surface area contributed by atoms with E-state index in [0.717, 1.165) is 18.4 Å². The van der Waals surface area contributed by atoms with Crippen LogP contribution in [0.3, 0.4) is 0 Å². The Morgan fingerprint density at radius 3 is 2.29 bits per heavy atom. The van der Waals surface area contributed by atoms with Crippen molar-refractivity contribution in [1.82, 2.24) is 0 Å². The maximum atomic E-state index is 9.32. The average molecular weight is 194 g/mol. The van der Waals surface area contributed by atoms with Crippen molar-refractivity contribution >= 4 is 0 Å². The van der Waals surface area contributed by atoms with Crippen molar-refractivity contribution in [3.63, 3.8) is 0 Å². The topological polar surface area (TPSA) is 40.5 Å². The summed E-state index contributed by atoms with van der Waals surface area (Å²) in [5, 5.41) is 18.5. The van der Waals surface area contributed by atoms with Gasteiger partial charge in [-0.15, -0.1) is 0 Å².